The molecule has 1 aromatic carbocycles. The summed E-state index contributed by atoms with van der Waals surface area (Å²) in [7, 11) is -3.91. The van der Waals surface area contributed by atoms with Gasteiger partial charge in [0.1, 0.15) is 0 Å². The predicted octanol–water partition coefficient (Wildman–Crippen LogP) is 2.13. The summed E-state index contributed by atoms with van der Waals surface area (Å²) in [6.45, 7) is 2.32. The van der Waals surface area contributed by atoms with Crippen molar-refractivity contribution in [3.63, 3.8) is 0 Å². The van der Waals surface area contributed by atoms with Gasteiger partial charge in [0.15, 0.2) is 4.90 Å². The van der Waals surface area contributed by atoms with Gasteiger partial charge in [-0.05, 0) is 31.4 Å². The number of nitrogens with zero attached hydrogens (tertiary/aromatic N) is 2. The van der Waals surface area contributed by atoms with Crippen molar-refractivity contribution in [2.75, 3.05) is 12.3 Å². The maximum Gasteiger partial charge on any atom is 0.289 e. The zero-order valence-electron chi connectivity index (χ0n) is 11.9. The Morgan fingerprint density at radius 3 is 2.76 bits per heavy atom. The van der Waals surface area contributed by atoms with Gasteiger partial charge >= 0.3 is 0 Å². The van der Waals surface area contributed by atoms with E-state index in [9.17, 15) is 18.5 Å². The van der Waals surface area contributed by atoms with Crippen LogP contribution in [0.3, 0.4) is 0 Å². The van der Waals surface area contributed by atoms with E-state index in [1.54, 1.807) is 0 Å². The Hall–Kier alpha value is -1.67. The lowest BCUT2D eigenvalue weighted by Crippen LogP contribution is -2.43. The van der Waals surface area contributed by atoms with Crippen molar-refractivity contribution in [2.45, 2.75) is 43.5 Å². The summed E-state index contributed by atoms with van der Waals surface area (Å²) in [4.78, 5) is 10.1. The molecule has 1 aliphatic heterocycles. The van der Waals surface area contributed by atoms with Gasteiger partial charge in [-0.1, -0.05) is 13.3 Å². The largest absolute Gasteiger partial charge is 0.399 e. The molecule has 1 unspecified atom stereocenters. The van der Waals surface area contributed by atoms with Crippen LogP contribution in [-0.4, -0.2) is 30.2 Å². The smallest absolute Gasteiger partial charge is 0.289 e. The summed E-state index contributed by atoms with van der Waals surface area (Å²) < 4.78 is 27.0. The molecule has 1 atom stereocenters. The molecule has 8 heteroatoms. The minimum atomic E-state index is -3.91. The maximum atomic E-state index is 12.8. The van der Waals surface area contributed by atoms with E-state index in [2.05, 4.69) is 0 Å². The quantitative estimate of drug-likeness (QED) is 0.520. The van der Waals surface area contributed by atoms with Gasteiger partial charge in [0, 0.05) is 24.3 Å². The Morgan fingerprint density at radius 2 is 2.14 bits per heavy atom. The highest BCUT2D eigenvalue weighted by atomic mass is 32.2. The number of piperidine rings is 1. The molecule has 2 N–H and O–H groups in total. The first-order valence-electron chi connectivity index (χ1n) is 6.93. The number of anilines is 1. The normalized spacial score (nSPS) is 20.3. The van der Waals surface area contributed by atoms with Crippen LogP contribution in [0.15, 0.2) is 23.1 Å². The third-order valence-electron chi connectivity index (χ3n) is 3.81. The first-order valence-corrected chi connectivity index (χ1v) is 8.37. The molecule has 0 radical (unpaired) electrons. The standard InChI is InChI=1S/C13H19N3O4S/c1-2-11-5-3-4-8-15(11)21(19,20)13-9-10(14)6-7-12(13)16(17)18/h6-7,9,11H,2-5,8,14H2,1H3. The van der Waals surface area contributed by atoms with Crippen LogP contribution in [0.4, 0.5) is 11.4 Å². The lowest BCUT2D eigenvalue weighted by molar-refractivity contribution is -0.387. The molecule has 7 nitrogen and oxygen atoms in total. The summed E-state index contributed by atoms with van der Waals surface area (Å²) in [5.74, 6) is 0. The van der Waals surface area contributed by atoms with Crippen molar-refractivity contribution in [3.8, 4) is 0 Å². The van der Waals surface area contributed by atoms with Gasteiger partial charge in [-0.15, -0.1) is 0 Å². The second kappa shape index (κ2) is 5.98. The van der Waals surface area contributed by atoms with E-state index in [1.807, 2.05) is 6.92 Å². The van der Waals surface area contributed by atoms with Gasteiger partial charge in [0.25, 0.3) is 5.69 Å². The lowest BCUT2D eigenvalue weighted by atomic mass is 10.0. The molecule has 21 heavy (non-hydrogen) atoms. The molecule has 2 rings (SSSR count). The van der Waals surface area contributed by atoms with Crippen molar-refractivity contribution < 1.29 is 13.3 Å². The van der Waals surface area contributed by atoms with E-state index in [1.165, 1.54) is 16.4 Å². The van der Waals surface area contributed by atoms with Crippen LogP contribution in [0.1, 0.15) is 32.6 Å². The molecule has 1 aliphatic rings. The maximum absolute atomic E-state index is 12.8. The minimum absolute atomic E-state index is 0.107. The minimum Gasteiger partial charge on any atom is -0.399 e. The Morgan fingerprint density at radius 1 is 1.43 bits per heavy atom. The summed E-state index contributed by atoms with van der Waals surface area (Å²) in [5, 5.41) is 11.1. The van der Waals surface area contributed by atoms with Gasteiger partial charge in [0.2, 0.25) is 10.0 Å². The van der Waals surface area contributed by atoms with Gasteiger partial charge < -0.3 is 5.73 Å². The Balaban J connectivity index is 2.53. The second-order valence-electron chi connectivity index (χ2n) is 5.16. The average Bonchev–Trinajstić information content (AvgIpc) is 2.46. The van der Waals surface area contributed by atoms with E-state index < -0.39 is 20.6 Å². The van der Waals surface area contributed by atoms with E-state index in [0.717, 1.165) is 25.3 Å². The number of hydrogen-bond acceptors (Lipinski definition) is 5. The number of nitro benzene ring substituents is 1. The molecule has 0 saturated carbocycles. The highest BCUT2D eigenvalue weighted by Gasteiger charge is 2.36. The molecule has 1 fully saturated rings. The van der Waals surface area contributed by atoms with E-state index in [0.29, 0.717) is 13.0 Å². The highest BCUT2D eigenvalue weighted by molar-refractivity contribution is 7.89. The van der Waals surface area contributed by atoms with Crippen molar-refractivity contribution in [3.05, 3.63) is 28.3 Å². The summed E-state index contributed by atoms with van der Waals surface area (Å²) in [6, 6.07) is 3.55. The Bertz CT molecular complexity index is 645. The van der Waals surface area contributed by atoms with Crippen LogP contribution in [0.25, 0.3) is 0 Å². The highest BCUT2D eigenvalue weighted by Crippen LogP contribution is 2.32. The van der Waals surface area contributed by atoms with E-state index in [-0.39, 0.29) is 16.6 Å². The van der Waals surface area contributed by atoms with Gasteiger partial charge in [-0.25, -0.2) is 8.42 Å². The number of nitrogens with two attached hydrogens (primary N) is 1. The third kappa shape index (κ3) is 3.01. The fourth-order valence-corrected chi connectivity index (χ4v) is 4.67. The number of benzene rings is 1. The fourth-order valence-electron chi connectivity index (χ4n) is 2.71. The summed E-state index contributed by atoms with van der Waals surface area (Å²) in [6.07, 6.45) is 3.22. The fraction of sp³-hybridized carbons (Fsp3) is 0.538. The van der Waals surface area contributed by atoms with Crippen LogP contribution in [0.2, 0.25) is 0 Å². The molecule has 0 aliphatic carbocycles. The van der Waals surface area contributed by atoms with Crippen molar-refractivity contribution in [2.24, 2.45) is 0 Å². The summed E-state index contributed by atoms with van der Waals surface area (Å²) in [5.41, 5.74) is 5.39. The topological polar surface area (TPSA) is 107 Å². The molecule has 0 spiro atoms. The van der Waals surface area contributed by atoms with Gasteiger partial charge in [-0.3, -0.25) is 10.1 Å². The van der Waals surface area contributed by atoms with Crippen LogP contribution in [-0.2, 0) is 10.0 Å². The van der Waals surface area contributed by atoms with Crippen LogP contribution < -0.4 is 5.73 Å². The third-order valence-corrected chi connectivity index (χ3v) is 5.79. The lowest BCUT2D eigenvalue weighted by Gasteiger charge is -2.33. The van der Waals surface area contributed by atoms with E-state index >= 15 is 0 Å². The molecule has 1 saturated heterocycles. The number of rotatable bonds is 4. The van der Waals surface area contributed by atoms with Crippen molar-refractivity contribution in [1.82, 2.24) is 4.31 Å². The van der Waals surface area contributed by atoms with Crippen molar-refractivity contribution in [1.29, 1.82) is 0 Å². The Kier molecular flexibility index (Phi) is 4.48. The molecule has 1 heterocycles. The monoisotopic (exact) mass is 313 g/mol. The number of sulfonamides is 1. The number of nitro groups is 1. The molecule has 0 amide bonds. The predicted molar refractivity (Wildman–Crippen MR) is 79.3 cm³/mol. The van der Waals surface area contributed by atoms with Crippen LogP contribution >= 0.6 is 0 Å². The SMILES string of the molecule is CCC1CCCCN1S(=O)(=O)c1cc(N)ccc1[N+](=O)[O-]. The molecule has 116 valence electrons. The Labute approximate surface area is 123 Å². The molecular weight excluding hydrogens is 294 g/mol. The number of nitrogen functional groups attached to an aromatic ring is 1. The zero-order valence-corrected chi connectivity index (χ0v) is 12.7. The van der Waals surface area contributed by atoms with Crippen LogP contribution in [0, 0.1) is 10.1 Å². The molecule has 0 bridgehead atoms. The molecular formula is C13H19N3O4S. The molecule has 1 aromatic rings. The number of hydrogen-bond donors (Lipinski definition) is 1. The zero-order chi connectivity index (χ0) is 15.6. The average molecular weight is 313 g/mol. The molecule has 0 aromatic heterocycles. The van der Waals surface area contributed by atoms with Crippen LogP contribution in [0.5, 0.6) is 0 Å². The van der Waals surface area contributed by atoms with E-state index in [4.69, 9.17) is 5.73 Å². The second-order valence-corrected chi connectivity index (χ2v) is 7.02. The van der Waals surface area contributed by atoms with Gasteiger partial charge in [-0.2, -0.15) is 4.31 Å². The first kappa shape index (κ1) is 15.7. The summed E-state index contributed by atoms with van der Waals surface area (Å²) >= 11 is 0. The van der Waals surface area contributed by atoms with Crippen molar-refractivity contribution >= 4 is 21.4 Å². The first-order chi connectivity index (χ1) is 9.87. The van der Waals surface area contributed by atoms with Gasteiger partial charge in [0.05, 0.1) is 4.92 Å².